The minimum Gasteiger partial charge on any atom is -0.422 e. The molecule has 2 atom stereocenters. The highest BCUT2D eigenvalue weighted by Crippen LogP contribution is 2.76. The lowest BCUT2D eigenvalue weighted by Gasteiger charge is -2.43. The number of ether oxygens (including phenoxy) is 1. The molecule has 0 amide bonds. The summed E-state index contributed by atoms with van der Waals surface area (Å²) in [5.74, 6) is 0.0249. The van der Waals surface area contributed by atoms with Gasteiger partial charge in [-0.05, 0) is 40.8 Å². The highest BCUT2D eigenvalue weighted by Gasteiger charge is 2.70. The molecule has 0 bridgehead atoms. The van der Waals surface area contributed by atoms with E-state index in [2.05, 4.69) is 0 Å². The zero-order valence-corrected chi connectivity index (χ0v) is 16.5. The summed E-state index contributed by atoms with van der Waals surface area (Å²) in [4.78, 5) is 29.8. The lowest BCUT2D eigenvalue weighted by atomic mass is 9.97. The van der Waals surface area contributed by atoms with Gasteiger partial charge in [-0.1, -0.05) is 26.8 Å². The monoisotopic (exact) mass is 464 g/mol. The number of rotatable bonds is 5. The van der Waals surface area contributed by atoms with Crippen LogP contribution in [-0.2, 0) is 13.9 Å². The summed E-state index contributed by atoms with van der Waals surface area (Å²) in [5, 5.41) is -2.69. The van der Waals surface area contributed by atoms with E-state index in [1.54, 1.807) is 12.1 Å². The van der Waals surface area contributed by atoms with Gasteiger partial charge in [-0.2, -0.15) is 0 Å². The molecule has 7 nitrogen and oxygen atoms in total. The van der Waals surface area contributed by atoms with Gasteiger partial charge in [-0.15, -0.1) is 0 Å². The van der Waals surface area contributed by atoms with E-state index in [0.717, 1.165) is 10.7 Å². The SMILES string of the molecule is COC(C(C)(C)C)(P(=O)(O)O)P(=O)(O)Oc1cccc(I)c1. The summed E-state index contributed by atoms with van der Waals surface area (Å²) in [6.07, 6.45) is 0. The van der Waals surface area contributed by atoms with Crippen LogP contribution in [0.15, 0.2) is 24.3 Å². The van der Waals surface area contributed by atoms with Gasteiger partial charge in [0, 0.05) is 16.1 Å². The molecule has 3 N–H and O–H groups in total. The van der Waals surface area contributed by atoms with E-state index in [9.17, 15) is 23.8 Å². The van der Waals surface area contributed by atoms with Crippen molar-refractivity contribution in [2.24, 2.45) is 5.41 Å². The molecule has 1 aromatic rings. The van der Waals surface area contributed by atoms with Gasteiger partial charge in [0.15, 0.2) is 0 Å². The van der Waals surface area contributed by atoms with Crippen molar-refractivity contribution in [1.29, 1.82) is 0 Å². The summed E-state index contributed by atoms with van der Waals surface area (Å²) >= 11 is 1.98. The fourth-order valence-corrected chi connectivity index (χ4v) is 6.96. The van der Waals surface area contributed by atoms with Crippen LogP contribution < -0.4 is 4.52 Å². The first-order chi connectivity index (χ1) is 9.78. The Morgan fingerprint density at radius 3 is 2.05 bits per heavy atom. The Balaban J connectivity index is 3.47. The highest BCUT2D eigenvalue weighted by molar-refractivity contribution is 14.1. The zero-order chi connectivity index (χ0) is 17.4. The molecule has 0 saturated carbocycles. The molecule has 0 saturated heterocycles. The maximum Gasteiger partial charge on any atom is 0.421 e. The minimum absolute atomic E-state index is 0.0249. The molecule has 126 valence electrons. The van der Waals surface area contributed by atoms with Crippen LogP contribution in [0.25, 0.3) is 0 Å². The molecule has 0 aliphatic heterocycles. The normalized spacial score (nSPS) is 18.4. The lowest BCUT2D eigenvalue weighted by molar-refractivity contribution is 0.00353. The molecule has 0 aliphatic carbocycles. The van der Waals surface area contributed by atoms with Gasteiger partial charge in [0.2, 0.25) is 0 Å². The second kappa shape index (κ2) is 6.51. The standard InChI is InChI=1S/C12H19IO7P2/c1-11(2,3)12(19-4,21(14,15)16)22(17,18)20-10-7-5-6-9(13)8-10/h5-8H,1-4H3,(H,17,18)(H2,14,15,16). The number of halogens is 1. The molecule has 2 unspecified atom stereocenters. The first kappa shape index (κ1) is 20.1. The van der Waals surface area contributed by atoms with E-state index in [-0.39, 0.29) is 5.75 Å². The second-order valence-electron chi connectivity index (χ2n) is 5.68. The van der Waals surface area contributed by atoms with E-state index in [1.165, 1.54) is 32.9 Å². The molecule has 0 aromatic heterocycles. The Morgan fingerprint density at radius 1 is 1.14 bits per heavy atom. The maximum atomic E-state index is 12.8. The van der Waals surface area contributed by atoms with Crippen molar-refractivity contribution in [3.8, 4) is 5.75 Å². The third kappa shape index (κ3) is 3.59. The summed E-state index contributed by atoms with van der Waals surface area (Å²) < 4.78 is 35.5. The van der Waals surface area contributed by atoms with Gasteiger partial charge in [0.1, 0.15) is 5.75 Å². The van der Waals surface area contributed by atoms with E-state index < -0.39 is 25.7 Å². The third-order valence-corrected chi connectivity index (χ3v) is 9.00. The number of hydrogen-bond donors (Lipinski definition) is 3. The summed E-state index contributed by atoms with van der Waals surface area (Å²) in [5.41, 5.74) is -1.37. The van der Waals surface area contributed by atoms with Crippen LogP contribution in [0.2, 0.25) is 0 Å². The lowest BCUT2D eigenvalue weighted by Crippen LogP contribution is -2.45. The molecule has 0 radical (unpaired) electrons. The van der Waals surface area contributed by atoms with Crippen molar-refractivity contribution in [2.75, 3.05) is 7.11 Å². The zero-order valence-electron chi connectivity index (χ0n) is 12.6. The van der Waals surface area contributed by atoms with Gasteiger partial charge in [-0.3, -0.25) is 4.57 Å². The summed E-state index contributed by atoms with van der Waals surface area (Å²) in [7, 11) is -9.09. The molecule has 1 rings (SSSR count). The van der Waals surface area contributed by atoms with Crippen molar-refractivity contribution in [1.82, 2.24) is 0 Å². The van der Waals surface area contributed by atoms with Crippen LogP contribution >= 0.6 is 37.8 Å². The molecule has 1 aromatic carbocycles. The van der Waals surface area contributed by atoms with Crippen molar-refractivity contribution < 1.29 is 33.1 Å². The molecule has 10 heteroatoms. The Morgan fingerprint density at radius 2 is 1.68 bits per heavy atom. The largest absolute Gasteiger partial charge is 0.422 e. The molecule has 0 aliphatic rings. The minimum atomic E-state index is -5.16. The number of methoxy groups -OCH3 is 1. The Labute approximate surface area is 142 Å². The van der Waals surface area contributed by atoms with Crippen molar-refractivity contribution in [3.05, 3.63) is 27.8 Å². The average Bonchev–Trinajstić information content (AvgIpc) is 2.24. The van der Waals surface area contributed by atoms with Crippen LogP contribution in [0, 0.1) is 8.99 Å². The summed E-state index contributed by atoms with van der Waals surface area (Å²) in [6.45, 7) is 4.20. The van der Waals surface area contributed by atoms with Crippen molar-refractivity contribution in [2.45, 2.75) is 25.9 Å². The van der Waals surface area contributed by atoms with Gasteiger partial charge in [0.05, 0.1) is 0 Å². The van der Waals surface area contributed by atoms with E-state index in [1.807, 2.05) is 22.6 Å². The second-order valence-corrected chi connectivity index (χ2v) is 10.8. The van der Waals surface area contributed by atoms with Crippen LogP contribution in [0.3, 0.4) is 0 Å². The van der Waals surface area contributed by atoms with Crippen molar-refractivity contribution >= 4 is 37.8 Å². The maximum absolute atomic E-state index is 12.8. The quantitative estimate of drug-likeness (QED) is 0.453. The van der Waals surface area contributed by atoms with Crippen LogP contribution in [0.5, 0.6) is 5.75 Å². The Hall–Kier alpha value is 0.0500. The number of hydrogen-bond acceptors (Lipinski definition) is 4. The Kier molecular flexibility index (Phi) is 5.95. The first-order valence-corrected chi connectivity index (χ1v) is 10.4. The average molecular weight is 464 g/mol. The van der Waals surface area contributed by atoms with Gasteiger partial charge < -0.3 is 23.9 Å². The Bertz CT molecular complexity index is 637. The van der Waals surface area contributed by atoms with E-state index >= 15 is 0 Å². The predicted octanol–water partition coefficient (Wildman–Crippen LogP) is 3.38. The van der Waals surface area contributed by atoms with E-state index in [0.29, 0.717) is 0 Å². The van der Waals surface area contributed by atoms with Crippen LogP contribution in [-0.4, -0.2) is 26.9 Å². The van der Waals surface area contributed by atoms with Crippen LogP contribution in [0.4, 0.5) is 0 Å². The first-order valence-electron chi connectivity index (χ1n) is 6.17. The topological polar surface area (TPSA) is 113 Å². The predicted molar refractivity (Wildman–Crippen MR) is 90.9 cm³/mol. The molecule has 0 fully saturated rings. The smallest absolute Gasteiger partial charge is 0.421 e. The highest BCUT2D eigenvalue weighted by atomic mass is 127. The fourth-order valence-electron chi connectivity index (χ4n) is 2.29. The summed E-state index contributed by atoms with van der Waals surface area (Å²) in [6, 6.07) is 6.24. The fraction of sp³-hybridized carbons (Fsp3) is 0.500. The molecule has 0 heterocycles. The molecule has 0 spiro atoms. The van der Waals surface area contributed by atoms with Gasteiger partial charge >= 0.3 is 15.2 Å². The third-order valence-electron chi connectivity index (χ3n) is 3.06. The molecule has 22 heavy (non-hydrogen) atoms. The molecular weight excluding hydrogens is 445 g/mol. The van der Waals surface area contributed by atoms with Crippen LogP contribution in [0.1, 0.15) is 20.8 Å². The molecular formula is C12H19IO7P2. The van der Waals surface area contributed by atoms with Crippen molar-refractivity contribution in [3.63, 3.8) is 0 Å². The van der Waals surface area contributed by atoms with E-state index in [4.69, 9.17) is 9.26 Å². The van der Waals surface area contributed by atoms with Gasteiger partial charge in [-0.25, -0.2) is 4.57 Å². The van der Waals surface area contributed by atoms with Gasteiger partial charge in [0.25, 0.3) is 5.08 Å². The number of benzene rings is 1.